The third kappa shape index (κ3) is 8.77. The maximum Gasteiger partial charge on any atom is 0.188 e. The van der Waals surface area contributed by atoms with Gasteiger partial charge < -0.3 is 20.7 Å². The number of likely N-dealkylation sites (N-methyl/N-ethyl adjacent to an activating group) is 1. The predicted molar refractivity (Wildman–Crippen MR) is 99.5 cm³/mol. The summed E-state index contributed by atoms with van der Waals surface area (Å²) in [7, 11) is 4.05. The summed E-state index contributed by atoms with van der Waals surface area (Å²) in [6.07, 6.45) is 1.03. The van der Waals surface area contributed by atoms with Gasteiger partial charge in [-0.15, -0.1) is 24.0 Å². The summed E-state index contributed by atoms with van der Waals surface area (Å²) in [5.74, 6) is 1.36. The van der Waals surface area contributed by atoms with E-state index in [2.05, 4.69) is 22.1 Å². The summed E-state index contributed by atoms with van der Waals surface area (Å²) in [4.78, 5) is 6.42. The number of halogens is 1. The van der Waals surface area contributed by atoms with Crippen LogP contribution in [0.3, 0.4) is 0 Å². The number of benzene rings is 1. The standard InChI is InChI=1S/C15H26N4O.HI/c1-4-9-17-15(16)18-12-13-7-5-6-8-14(13)20-11-10-19(2)3;/h5-8H,4,9-12H2,1-3H3,(H3,16,17,18);1H. The lowest BCUT2D eigenvalue weighted by Crippen LogP contribution is -2.32. The number of nitrogens with one attached hydrogen (secondary N) is 1. The van der Waals surface area contributed by atoms with Gasteiger partial charge in [-0.25, -0.2) is 4.99 Å². The Labute approximate surface area is 145 Å². The number of hydrogen-bond acceptors (Lipinski definition) is 3. The number of nitrogens with zero attached hydrogens (tertiary/aromatic N) is 2. The summed E-state index contributed by atoms with van der Waals surface area (Å²) < 4.78 is 5.79. The van der Waals surface area contributed by atoms with E-state index in [1.807, 2.05) is 38.4 Å². The molecule has 0 amide bonds. The summed E-state index contributed by atoms with van der Waals surface area (Å²) >= 11 is 0. The van der Waals surface area contributed by atoms with E-state index in [4.69, 9.17) is 10.5 Å². The van der Waals surface area contributed by atoms with Crippen LogP contribution in [0, 0.1) is 0 Å². The SMILES string of the molecule is CCCNC(N)=NCc1ccccc1OCCN(C)C.I. The molecular formula is C15H27IN4O. The molecule has 0 heterocycles. The number of ether oxygens (including phenoxy) is 1. The molecule has 3 N–H and O–H groups in total. The van der Waals surface area contributed by atoms with Crippen molar-refractivity contribution in [2.75, 3.05) is 33.8 Å². The monoisotopic (exact) mass is 406 g/mol. The van der Waals surface area contributed by atoms with Crippen LogP contribution in [0.2, 0.25) is 0 Å². The highest BCUT2D eigenvalue weighted by molar-refractivity contribution is 14.0. The molecule has 1 aromatic rings. The first-order valence-corrected chi connectivity index (χ1v) is 7.02. The first-order chi connectivity index (χ1) is 9.63. The molecule has 0 atom stereocenters. The van der Waals surface area contributed by atoms with Crippen molar-refractivity contribution in [3.8, 4) is 5.75 Å². The molecule has 0 aromatic heterocycles. The van der Waals surface area contributed by atoms with Gasteiger partial charge in [0, 0.05) is 18.7 Å². The van der Waals surface area contributed by atoms with Crippen molar-refractivity contribution in [2.24, 2.45) is 10.7 Å². The van der Waals surface area contributed by atoms with Crippen molar-refractivity contribution in [3.05, 3.63) is 29.8 Å². The van der Waals surface area contributed by atoms with E-state index in [1.54, 1.807) is 0 Å². The van der Waals surface area contributed by atoms with Crippen molar-refractivity contribution in [1.82, 2.24) is 10.2 Å². The average Bonchev–Trinajstić information content (AvgIpc) is 2.43. The zero-order valence-electron chi connectivity index (χ0n) is 13.1. The minimum absolute atomic E-state index is 0. The van der Waals surface area contributed by atoms with Gasteiger partial charge in [0.15, 0.2) is 5.96 Å². The largest absolute Gasteiger partial charge is 0.492 e. The van der Waals surface area contributed by atoms with Gasteiger partial charge in [-0.3, -0.25) is 0 Å². The summed E-state index contributed by atoms with van der Waals surface area (Å²) in [6.45, 7) is 5.01. The van der Waals surface area contributed by atoms with E-state index in [0.717, 1.165) is 30.8 Å². The Morgan fingerprint density at radius 3 is 2.71 bits per heavy atom. The smallest absolute Gasteiger partial charge is 0.188 e. The molecule has 6 heteroatoms. The van der Waals surface area contributed by atoms with E-state index >= 15 is 0 Å². The number of nitrogens with two attached hydrogens (primary N) is 1. The number of para-hydroxylation sites is 1. The number of guanidine groups is 1. The van der Waals surface area contributed by atoms with Gasteiger partial charge in [0.25, 0.3) is 0 Å². The minimum atomic E-state index is 0. The van der Waals surface area contributed by atoms with Crippen molar-refractivity contribution in [3.63, 3.8) is 0 Å². The number of aliphatic imine (C=N–C) groups is 1. The summed E-state index contributed by atoms with van der Waals surface area (Å²) in [5, 5.41) is 3.06. The van der Waals surface area contributed by atoms with Gasteiger partial charge in [0.1, 0.15) is 12.4 Å². The maximum absolute atomic E-state index is 5.79. The van der Waals surface area contributed by atoms with Crippen molar-refractivity contribution >= 4 is 29.9 Å². The van der Waals surface area contributed by atoms with Crippen LogP contribution in [0.25, 0.3) is 0 Å². The molecule has 0 saturated carbocycles. The molecule has 0 aliphatic rings. The third-order valence-electron chi connectivity index (χ3n) is 2.74. The molecule has 0 bridgehead atoms. The second-order valence-corrected chi connectivity index (χ2v) is 4.89. The normalized spacial score (nSPS) is 11.1. The number of rotatable bonds is 8. The molecule has 21 heavy (non-hydrogen) atoms. The molecule has 0 aliphatic heterocycles. The van der Waals surface area contributed by atoms with Crippen LogP contribution >= 0.6 is 24.0 Å². The molecule has 1 rings (SSSR count). The highest BCUT2D eigenvalue weighted by Gasteiger charge is 2.03. The number of hydrogen-bond donors (Lipinski definition) is 2. The first kappa shape index (κ1) is 20.0. The Balaban J connectivity index is 0.00000400. The molecular weight excluding hydrogens is 379 g/mol. The van der Waals surface area contributed by atoms with E-state index in [-0.39, 0.29) is 24.0 Å². The third-order valence-corrected chi connectivity index (χ3v) is 2.74. The highest BCUT2D eigenvalue weighted by atomic mass is 127. The lowest BCUT2D eigenvalue weighted by molar-refractivity contribution is 0.259. The van der Waals surface area contributed by atoms with E-state index < -0.39 is 0 Å². The fourth-order valence-corrected chi connectivity index (χ4v) is 1.59. The zero-order valence-corrected chi connectivity index (χ0v) is 15.5. The summed E-state index contributed by atoms with van der Waals surface area (Å²) in [5.41, 5.74) is 6.84. The van der Waals surface area contributed by atoms with Crippen molar-refractivity contribution < 1.29 is 4.74 Å². The average molecular weight is 406 g/mol. The van der Waals surface area contributed by atoms with Gasteiger partial charge in [0.2, 0.25) is 0 Å². The van der Waals surface area contributed by atoms with Crippen LogP contribution in [-0.4, -0.2) is 44.7 Å². The van der Waals surface area contributed by atoms with Crippen LogP contribution in [-0.2, 0) is 6.54 Å². The van der Waals surface area contributed by atoms with Crippen molar-refractivity contribution in [1.29, 1.82) is 0 Å². The first-order valence-electron chi connectivity index (χ1n) is 7.02. The van der Waals surface area contributed by atoms with Crippen LogP contribution in [0.15, 0.2) is 29.3 Å². The fourth-order valence-electron chi connectivity index (χ4n) is 1.59. The Kier molecular flexibility index (Phi) is 11.1. The van der Waals surface area contributed by atoms with Crippen LogP contribution in [0.1, 0.15) is 18.9 Å². The molecule has 0 spiro atoms. The van der Waals surface area contributed by atoms with E-state index in [1.165, 1.54) is 0 Å². The van der Waals surface area contributed by atoms with Crippen LogP contribution < -0.4 is 15.8 Å². The maximum atomic E-state index is 5.79. The Morgan fingerprint density at radius 2 is 2.05 bits per heavy atom. The van der Waals surface area contributed by atoms with Gasteiger partial charge >= 0.3 is 0 Å². The Bertz CT molecular complexity index is 424. The second kappa shape index (κ2) is 11.6. The topological polar surface area (TPSA) is 62.9 Å². The molecule has 0 aliphatic carbocycles. The van der Waals surface area contributed by atoms with Gasteiger partial charge in [-0.2, -0.15) is 0 Å². The second-order valence-electron chi connectivity index (χ2n) is 4.89. The van der Waals surface area contributed by atoms with Crippen LogP contribution in [0.4, 0.5) is 0 Å². The molecule has 0 fully saturated rings. The minimum Gasteiger partial charge on any atom is -0.492 e. The quantitative estimate of drug-likeness (QED) is 0.394. The van der Waals surface area contributed by atoms with Gasteiger partial charge in [0.05, 0.1) is 6.54 Å². The van der Waals surface area contributed by atoms with Gasteiger partial charge in [-0.1, -0.05) is 25.1 Å². The van der Waals surface area contributed by atoms with Gasteiger partial charge in [-0.05, 0) is 26.6 Å². The van der Waals surface area contributed by atoms with Crippen LogP contribution in [0.5, 0.6) is 5.75 Å². The molecule has 5 nitrogen and oxygen atoms in total. The molecule has 0 saturated heterocycles. The van der Waals surface area contributed by atoms with Crippen molar-refractivity contribution in [2.45, 2.75) is 19.9 Å². The Hall–Kier alpha value is -1.02. The molecule has 120 valence electrons. The predicted octanol–water partition coefficient (Wildman–Crippen LogP) is 2.06. The lowest BCUT2D eigenvalue weighted by Gasteiger charge is -2.13. The Morgan fingerprint density at radius 1 is 1.33 bits per heavy atom. The summed E-state index contributed by atoms with van der Waals surface area (Å²) in [6, 6.07) is 7.94. The lowest BCUT2D eigenvalue weighted by atomic mass is 10.2. The molecule has 1 aromatic carbocycles. The van der Waals surface area contributed by atoms with E-state index in [9.17, 15) is 0 Å². The fraction of sp³-hybridized carbons (Fsp3) is 0.533. The molecule has 0 unspecified atom stereocenters. The van der Waals surface area contributed by atoms with E-state index in [0.29, 0.717) is 19.1 Å². The molecule has 0 radical (unpaired) electrons. The highest BCUT2D eigenvalue weighted by Crippen LogP contribution is 2.18. The zero-order chi connectivity index (χ0) is 14.8.